The van der Waals surface area contributed by atoms with E-state index in [1.807, 2.05) is 36.4 Å². The van der Waals surface area contributed by atoms with E-state index in [-0.39, 0.29) is 29.6 Å². The van der Waals surface area contributed by atoms with Crippen molar-refractivity contribution in [2.24, 2.45) is 0 Å². The average Bonchev–Trinajstić information content (AvgIpc) is 2.72. The number of benzene rings is 2. The number of hydrogen-bond donors (Lipinski definition) is 1. The van der Waals surface area contributed by atoms with Gasteiger partial charge in [-0.1, -0.05) is 48.5 Å². The van der Waals surface area contributed by atoms with Gasteiger partial charge in [-0.3, -0.25) is 9.69 Å². The van der Waals surface area contributed by atoms with Crippen molar-refractivity contribution in [1.29, 1.82) is 0 Å². The molecule has 0 unspecified atom stereocenters. The molecule has 1 aliphatic rings. The monoisotopic (exact) mass is 384 g/mol. The van der Waals surface area contributed by atoms with Crippen LogP contribution < -0.4 is 5.32 Å². The number of amides is 1. The highest BCUT2D eigenvalue weighted by molar-refractivity contribution is 5.77. The summed E-state index contributed by atoms with van der Waals surface area (Å²) in [5.41, 5.74) is 1.34. The molecule has 1 N–H and O–H groups in total. The molecule has 150 valence electrons. The molecular weight excluding hydrogens is 355 g/mol. The molecule has 1 amide bonds. The van der Waals surface area contributed by atoms with Gasteiger partial charge in [-0.25, -0.2) is 4.39 Å². The van der Waals surface area contributed by atoms with E-state index in [9.17, 15) is 9.18 Å². The normalized spacial score (nSPS) is 16.5. The summed E-state index contributed by atoms with van der Waals surface area (Å²) in [6, 6.07) is 16.4. The highest BCUT2D eigenvalue weighted by Gasteiger charge is 2.29. The molecule has 0 bridgehead atoms. The van der Waals surface area contributed by atoms with Gasteiger partial charge >= 0.3 is 0 Å². The van der Waals surface area contributed by atoms with Crippen LogP contribution in [0.4, 0.5) is 4.39 Å². The third kappa shape index (κ3) is 5.18. The largest absolute Gasteiger partial charge is 0.379 e. The summed E-state index contributed by atoms with van der Waals surface area (Å²) in [4.78, 5) is 15.1. The summed E-state index contributed by atoms with van der Waals surface area (Å²) in [6.45, 7) is 7.98. The second kappa shape index (κ2) is 9.30. The summed E-state index contributed by atoms with van der Waals surface area (Å²) in [5, 5.41) is 3.07. The second-order valence-corrected chi connectivity index (χ2v) is 7.88. The van der Waals surface area contributed by atoms with Crippen LogP contribution >= 0.6 is 0 Å². The van der Waals surface area contributed by atoms with Crippen LogP contribution in [0.2, 0.25) is 0 Å². The first-order valence-electron chi connectivity index (χ1n) is 9.86. The third-order valence-corrected chi connectivity index (χ3v) is 5.46. The van der Waals surface area contributed by atoms with Gasteiger partial charge in [0.05, 0.1) is 13.2 Å². The maximum absolute atomic E-state index is 14.4. The van der Waals surface area contributed by atoms with Crippen molar-refractivity contribution < 1.29 is 13.9 Å². The molecule has 2 aromatic rings. The number of morpholine rings is 1. The van der Waals surface area contributed by atoms with Gasteiger partial charge in [0.25, 0.3) is 0 Å². The lowest BCUT2D eigenvalue weighted by Crippen LogP contribution is -2.55. The van der Waals surface area contributed by atoms with Crippen LogP contribution in [0.3, 0.4) is 0 Å². The smallest absolute Gasteiger partial charge is 0.221 e. The zero-order valence-corrected chi connectivity index (χ0v) is 16.7. The molecule has 0 saturated carbocycles. The minimum atomic E-state index is -0.311. The van der Waals surface area contributed by atoms with Gasteiger partial charge in [0.15, 0.2) is 0 Å². The van der Waals surface area contributed by atoms with Crippen molar-refractivity contribution in [2.45, 2.75) is 31.7 Å². The van der Waals surface area contributed by atoms with E-state index in [0.717, 1.165) is 31.9 Å². The van der Waals surface area contributed by atoms with Gasteiger partial charge in [0.1, 0.15) is 5.82 Å². The Kier molecular flexibility index (Phi) is 6.81. The molecule has 2 aromatic carbocycles. The number of halogens is 1. The molecule has 0 aliphatic carbocycles. The highest BCUT2D eigenvalue weighted by Crippen LogP contribution is 2.30. The Hall–Kier alpha value is -2.24. The molecule has 0 radical (unpaired) electrons. The van der Waals surface area contributed by atoms with Crippen LogP contribution in [0, 0.1) is 5.82 Å². The minimum Gasteiger partial charge on any atom is -0.379 e. The van der Waals surface area contributed by atoms with E-state index < -0.39 is 0 Å². The van der Waals surface area contributed by atoms with E-state index in [2.05, 4.69) is 24.1 Å². The van der Waals surface area contributed by atoms with Crippen molar-refractivity contribution in [3.05, 3.63) is 71.5 Å². The Bertz CT molecular complexity index is 773. The van der Waals surface area contributed by atoms with Gasteiger partial charge in [-0.05, 0) is 31.0 Å². The summed E-state index contributed by atoms with van der Waals surface area (Å²) in [6.07, 6.45) is 0.212. The van der Waals surface area contributed by atoms with E-state index in [1.165, 1.54) is 6.07 Å². The number of ether oxygens (including phenoxy) is 1. The predicted molar refractivity (Wildman–Crippen MR) is 109 cm³/mol. The van der Waals surface area contributed by atoms with Crippen LogP contribution in [-0.4, -0.2) is 49.2 Å². The average molecular weight is 384 g/mol. The lowest BCUT2D eigenvalue weighted by atomic mass is 9.88. The maximum Gasteiger partial charge on any atom is 0.221 e. The van der Waals surface area contributed by atoms with Crippen LogP contribution in [0.1, 0.15) is 37.3 Å². The SMILES string of the molecule is CC(C)(CNC(=O)C[C@@H](c1ccccc1)c1ccccc1F)N1CCOCC1. The number of rotatable bonds is 7. The van der Waals surface area contributed by atoms with Crippen LogP contribution in [-0.2, 0) is 9.53 Å². The maximum atomic E-state index is 14.4. The zero-order chi connectivity index (χ0) is 20.0. The fraction of sp³-hybridized carbons (Fsp3) is 0.435. The van der Waals surface area contributed by atoms with Crippen LogP contribution in [0.15, 0.2) is 54.6 Å². The Morgan fingerprint density at radius 1 is 1.11 bits per heavy atom. The number of carbonyl (C=O) groups is 1. The Morgan fingerprint density at radius 3 is 2.43 bits per heavy atom. The van der Waals surface area contributed by atoms with Crippen LogP contribution in [0.25, 0.3) is 0 Å². The van der Waals surface area contributed by atoms with E-state index in [4.69, 9.17) is 4.74 Å². The van der Waals surface area contributed by atoms with Gasteiger partial charge in [-0.15, -0.1) is 0 Å². The summed E-state index contributed by atoms with van der Waals surface area (Å²) < 4.78 is 19.9. The van der Waals surface area contributed by atoms with Crippen molar-refractivity contribution in [1.82, 2.24) is 10.2 Å². The van der Waals surface area contributed by atoms with Gasteiger partial charge in [0.2, 0.25) is 5.91 Å². The molecule has 0 aromatic heterocycles. The fourth-order valence-electron chi connectivity index (χ4n) is 3.70. The number of nitrogens with one attached hydrogen (secondary N) is 1. The number of carbonyl (C=O) groups excluding carboxylic acids is 1. The fourth-order valence-corrected chi connectivity index (χ4v) is 3.70. The Balaban J connectivity index is 1.69. The molecule has 4 nitrogen and oxygen atoms in total. The minimum absolute atomic E-state index is 0.0709. The van der Waals surface area contributed by atoms with Crippen molar-refractivity contribution in [3.8, 4) is 0 Å². The zero-order valence-electron chi connectivity index (χ0n) is 16.7. The molecule has 1 atom stereocenters. The molecule has 1 fully saturated rings. The van der Waals surface area contributed by atoms with Crippen LogP contribution in [0.5, 0.6) is 0 Å². The lowest BCUT2D eigenvalue weighted by molar-refractivity contribution is -0.122. The van der Waals surface area contributed by atoms with Gasteiger partial charge < -0.3 is 10.1 Å². The summed E-state index contributed by atoms with van der Waals surface area (Å²) in [5.74, 6) is -0.662. The van der Waals surface area contributed by atoms with Crippen molar-refractivity contribution >= 4 is 5.91 Å². The molecule has 3 rings (SSSR count). The molecule has 1 heterocycles. The first-order valence-corrected chi connectivity index (χ1v) is 9.86. The molecular formula is C23H29FN2O2. The Morgan fingerprint density at radius 2 is 1.75 bits per heavy atom. The standard InChI is InChI=1S/C23H29FN2O2/c1-23(2,26-12-14-28-15-13-26)17-25-22(27)16-20(18-8-4-3-5-9-18)19-10-6-7-11-21(19)24/h3-11,20H,12-17H2,1-2H3,(H,25,27)/t20-/m0/s1. The van der Waals surface area contributed by atoms with Gasteiger partial charge in [0, 0.05) is 37.5 Å². The van der Waals surface area contributed by atoms with E-state index >= 15 is 0 Å². The van der Waals surface area contributed by atoms with Crippen molar-refractivity contribution in [2.75, 3.05) is 32.8 Å². The molecule has 1 saturated heterocycles. The predicted octanol–water partition coefficient (Wildman–Crippen LogP) is 3.57. The topological polar surface area (TPSA) is 41.6 Å². The molecule has 28 heavy (non-hydrogen) atoms. The highest BCUT2D eigenvalue weighted by atomic mass is 19.1. The van der Waals surface area contributed by atoms with E-state index in [0.29, 0.717) is 12.1 Å². The summed E-state index contributed by atoms with van der Waals surface area (Å²) >= 11 is 0. The quantitative estimate of drug-likeness (QED) is 0.793. The summed E-state index contributed by atoms with van der Waals surface area (Å²) in [7, 11) is 0. The first-order chi connectivity index (χ1) is 13.5. The lowest BCUT2D eigenvalue weighted by Gasteiger charge is -2.40. The molecule has 1 aliphatic heterocycles. The third-order valence-electron chi connectivity index (χ3n) is 5.46. The Labute approximate surface area is 166 Å². The number of nitrogens with zero attached hydrogens (tertiary/aromatic N) is 1. The molecule has 0 spiro atoms. The van der Waals surface area contributed by atoms with Gasteiger partial charge in [-0.2, -0.15) is 0 Å². The number of hydrogen-bond acceptors (Lipinski definition) is 3. The van der Waals surface area contributed by atoms with Crippen molar-refractivity contribution in [3.63, 3.8) is 0 Å². The second-order valence-electron chi connectivity index (χ2n) is 7.88. The first kappa shape index (κ1) is 20.5. The molecule has 5 heteroatoms. The van der Waals surface area contributed by atoms with E-state index in [1.54, 1.807) is 12.1 Å².